The molecule has 1 heterocycles. The third-order valence-electron chi connectivity index (χ3n) is 5.41. The van der Waals surface area contributed by atoms with Crippen molar-refractivity contribution in [3.63, 3.8) is 0 Å². The normalized spacial score (nSPS) is 20.1. The van der Waals surface area contributed by atoms with Crippen molar-refractivity contribution < 1.29 is 9.84 Å². The van der Waals surface area contributed by atoms with Crippen molar-refractivity contribution >= 4 is 29.9 Å². The molecule has 6 heteroatoms. The van der Waals surface area contributed by atoms with E-state index in [0.29, 0.717) is 12.5 Å². The maximum Gasteiger partial charge on any atom is 0.191 e. The number of aliphatic imine (C=N–C) groups is 1. The van der Waals surface area contributed by atoms with E-state index in [2.05, 4.69) is 41.8 Å². The molecule has 0 saturated carbocycles. The topological polar surface area (TPSA) is 65.9 Å². The van der Waals surface area contributed by atoms with E-state index in [1.54, 1.807) is 0 Å². The number of hydrogen-bond acceptors (Lipinski definition) is 3. The van der Waals surface area contributed by atoms with E-state index in [1.807, 2.05) is 36.4 Å². The fraction of sp³-hybridized carbons (Fsp3) is 0.458. The van der Waals surface area contributed by atoms with Gasteiger partial charge in [-0.05, 0) is 30.9 Å². The van der Waals surface area contributed by atoms with Gasteiger partial charge in [0, 0.05) is 31.5 Å². The first kappa shape index (κ1) is 24.6. The van der Waals surface area contributed by atoms with Crippen LogP contribution < -0.4 is 10.6 Å². The monoisotopic (exact) mass is 523 g/mol. The molecule has 1 saturated heterocycles. The minimum absolute atomic E-state index is 0. The summed E-state index contributed by atoms with van der Waals surface area (Å²) in [5, 5.41) is 16.6. The molecular weight excluding hydrogens is 489 g/mol. The number of ether oxygens (including phenoxy) is 1. The average molecular weight is 523 g/mol. The number of rotatable bonds is 8. The Morgan fingerprint density at radius 1 is 1.10 bits per heavy atom. The molecular formula is C24H34IN3O2. The molecule has 0 amide bonds. The predicted octanol–water partition coefficient (Wildman–Crippen LogP) is 4.10. The Hall–Kier alpha value is -1.64. The van der Waals surface area contributed by atoms with E-state index in [0.717, 1.165) is 44.1 Å². The van der Waals surface area contributed by atoms with Crippen LogP contribution >= 0.6 is 24.0 Å². The van der Waals surface area contributed by atoms with Gasteiger partial charge in [0.15, 0.2) is 5.96 Å². The molecule has 0 radical (unpaired) electrons. The van der Waals surface area contributed by atoms with Crippen molar-refractivity contribution in [3.05, 3.63) is 71.8 Å². The summed E-state index contributed by atoms with van der Waals surface area (Å²) < 4.78 is 6.11. The number of benzene rings is 2. The van der Waals surface area contributed by atoms with Crippen molar-refractivity contribution in [2.75, 3.05) is 32.8 Å². The maximum absolute atomic E-state index is 9.79. The fourth-order valence-electron chi connectivity index (χ4n) is 3.83. The number of nitrogens with one attached hydrogen (secondary N) is 2. The zero-order valence-electron chi connectivity index (χ0n) is 17.7. The van der Waals surface area contributed by atoms with Crippen LogP contribution in [0.25, 0.3) is 0 Å². The Morgan fingerprint density at radius 3 is 2.47 bits per heavy atom. The summed E-state index contributed by atoms with van der Waals surface area (Å²) in [5.41, 5.74) is 2.35. The zero-order chi connectivity index (χ0) is 20.3. The molecule has 1 fully saturated rings. The van der Waals surface area contributed by atoms with E-state index >= 15 is 0 Å². The highest BCUT2D eigenvalue weighted by atomic mass is 127. The summed E-state index contributed by atoms with van der Waals surface area (Å²) >= 11 is 0. The van der Waals surface area contributed by atoms with Gasteiger partial charge in [-0.1, -0.05) is 60.7 Å². The lowest BCUT2D eigenvalue weighted by atomic mass is 9.89. The molecule has 0 spiro atoms. The summed E-state index contributed by atoms with van der Waals surface area (Å²) in [4.78, 5) is 4.74. The summed E-state index contributed by atoms with van der Waals surface area (Å²) in [6.07, 6.45) is 2.34. The maximum atomic E-state index is 9.79. The van der Waals surface area contributed by atoms with Gasteiger partial charge in [-0.25, -0.2) is 0 Å². The number of aliphatic hydroxyl groups is 1. The molecule has 1 aliphatic rings. The van der Waals surface area contributed by atoms with Gasteiger partial charge in [0.25, 0.3) is 0 Å². The number of nitrogens with zero attached hydrogens (tertiary/aromatic N) is 1. The molecule has 3 unspecified atom stereocenters. The smallest absolute Gasteiger partial charge is 0.191 e. The third-order valence-corrected chi connectivity index (χ3v) is 5.41. The van der Waals surface area contributed by atoms with Gasteiger partial charge < -0.3 is 20.5 Å². The van der Waals surface area contributed by atoms with Gasteiger partial charge in [-0.2, -0.15) is 0 Å². The lowest BCUT2D eigenvalue weighted by Crippen LogP contribution is -2.42. The molecule has 1 aliphatic heterocycles. The first-order chi connectivity index (χ1) is 14.3. The highest BCUT2D eigenvalue weighted by Crippen LogP contribution is 2.33. The van der Waals surface area contributed by atoms with E-state index in [9.17, 15) is 5.11 Å². The molecule has 3 N–H and O–H groups in total. The first-order valence-electron chi connectivity index (χ1n) is 10.7. The molecule has 0 aromatic heterocycles. The van der Waals surface area contributed by atoms with E-state index in [1.165, 1.54) is 5.56 Å². The summed E-state index contributed by atoms with van der Waals surface area (Å²) in [6, 6.07) is 20.5. The Bertz CT molecular complexity index is 743. The molecule has 5 nitrogen and oxygen atoms in total. The van der Waals surface area contributed by atoms with Crippen molar-refractivity contribution in [2.45, 2.75) is 31.8 Å². The number of aliphatic hydroxyl groups excluding tert-OH is 1. The van der Waals surface area contributed by atoms with Gasteiger partial charge in [0.2, 0.25) is 0 Å². The highest BCUT2D eigenvalue weighted by Gasteiger charge is 2.27. The zero-order valence-corrected chi connectivity index (χ0v) is 20.0. The van der Waals surface area contributed by atoms with Crippen LogP contribution in [0.2, 0.25) is 0 Å². The minimum Gasteiger partial charge on any atom is -0.396 e. The van der Waals surface area contributed by atoms with E-state index < -0.39 is 0 Å². The highest BCUT2D eigenvalue weighted by molar-refractivity contribution is 14.0. The first-order valence-corrected chi connectivity index (χ1v) is 10.7. The van der Waals surface area contributed by atoms with Gasteiger partial charge in [-0.15, -0.1) is 24.0 Å². The molecule has 0 aliphatic carbocycles. The second-order valence-corrected chi connectivity index (χ2v) is 7.50. The van der Waals surface area contributed by atoms with E-state index in [4.69, 9.17) is 9.73 Å². The van der Waals surface area contributed by atoms with Crippen LogP contribution in [0.3, 0.4) is 0 Å². The molecule has 2 aromatic rings. The number of halogens is 1. The SMILES string of the molecule is CCNC(=NCC(CO)c1ccccc1)NCC1CCCOC1c1ccccc1.I. The predicted molar refractivity (Wildman–Crippen MR) is 134 cm³/mol. The lowest BCUT2D eigenvalue weighted by molar-refractivity contribution is -0.0265. The van der Waals surface area contributed by atoms with Crippen molar-refractivity contribution in [1.29, 1.82) is 0 Å². The van der Waals surface area contributed by atoms with Crippen molar-refractivity contribution in [1.82, 2.24) is 10.6 Å². The lowest BCUT2D eigenvalue weighted by Gasteiger charge is -2.32. The van der Waals surface area contributed by atoms with Crippen LogP contribution in [0.5, 0.6) is 0 Å². The fourth-order valence-corrected chi connectivity index (χ4v) is 3.83. The summed E-state index contributed by atoms with van der Waals surface area (Å²) in [6.45, 7) is 5.11. The summed E-state index contributed by atoms with van der Waals surface area (Å²) in [7, 11) is 0. The molecule has 164 valence electrons. The van der Waals surface area contributed by atoms with Gasteiger partial charge >= 0.3 is 0 Å². The van der Waals surface area contributed by atoms with E-state index in [-0.39, 0.29) is 42.6 Å². The van der Waals surface area contributed by atoms with Gasteiger partial charge in [-0.3, -0.25) is 4.99 Å². The van der Waals surface area contributed by atoms with Crippen LogP contribution in [-0.4, -0.2) is 43.9 Å². The largest absolute Gasteiger partial charge is 0.396 e. The second kappa shape index (κ2) is 13.6. The Labute approximate surface area is 197 Å². The minimum atomic E-state index is 0. The van der Waals surface area contributed by atoms with Crippen LogP contribution in [0.15, 0.2) is 65.7 Å². The molecule has 0 bridgehead atoms. The average Bonchev–Trinajstić information content (AvgIpc) is 2.79. The van der Waals surface area contributed by atoms with Crippen LogP contribution in [0, 0.1) is 5.92 Å². The van der Waals surface area contributed by atoms with Crippen molar-refractivity contribution in [3.8, 4) is 0 Å². The Morgan fingerprint density at radius 2 is 1.80 bits per heavy atom. The Balaban J connectivity index is 0.00000320. The van der Waals surface area contributed by atoms with Crippen molar-refractivity contribution in [2.24, 2.45) is 10.9 Å². The Kier molecular flexibility index (Phi) is 11.2. The molecule has 30 heavy (non-hydrogen) atoms. The quantitative estimate of drug-likeness (QED) is 0.277. The molecule has 3 atom stereocenters. The van der Waals surface area contributed by atoms with Crippen LogP contribution in [0.4, 0.5) is 0 Å². The molecule has 3 rings (SSSR count). The summed E-state index contributed by atoms with van der Waals surface area (Å²) in [5.74, 6) is 1.19. The third kappa shape index (κ3) is 7.25. The van der Waals surface area contributed by atoms with Crippen LogP contribution in [0.1, 0.15) is 42.9 Å². The standard InChI is InChI=1S/C24H33N3O2.HI/c1-2-25-24(27-17-22(18-28)19-10-5-3-6-11-19)26-16-21-14-9-15-29-23(21)20-12-7-4-8-13-20;/h3-8,10-13,21-23,28H,2,9,14-18H2,1H3,(H2,25,26,27);1H. The number of hydrogen-bond donors (Lipinski definition) is 3. The second-order valence-electron chi connectivity index (χ2n) is 7.50. The van der Waals surface area contributed by atoms with Gasteiger partial charge in [0.1, 0.15) is 0 Å². The van der Waals surface area contributed by atoms with Gasteiger partial charge in [0.05, 0.1) is 19.3 Å². The van der Waals surface area contributed by atoms with Crippen LogP contribution in [-0.2, 0) is 4.74 Å². The molecule has 2 aromatic carbocycles. The number of guanidine groups is 1.